The highest BCUT2D eigenvalue weighted by Gasteiger charge is 2.30. The third-order valence-electron chi connectivity index (χ3n) is 5.34. The third-order valence-corrected chi connectivity index (χ3v) is 5.34. The minimum atomic E-state index is -0.954. The van der Waals surface area contributed by atoms with E-state index in [0.29, 0.717) is 19.6 Å². The molecule has 2 aromatic rings. The number of para-hydroxylation sites is 1. The summed E-state index contributed by atoms with van der Waals surface area (Å²) in [6.45, 7) is 10.1. The van der Waals surface area contributed by atoms with E-state index < -0.39 is 5.97 Å². The zero-order valence-electron chi connectivity index (χ0n) is 17.3. The molecule has 1 saturated heterocycles. The quantitative estimate of drug-likeness (QED) is 0.852. The summed E-state index contributed by atoms with van der Waals surface area (Å²) in [5, 5.41) is 9.10. The summed E-state index contributed by atoms with van der Waals surface area (Å²) in [6, 6.07) is 16.3. The molecule has 0 radical (unpaired) electrons. The van der Waals surface area contributed by atoms with Crippen LogP contribution >= 0.6 is 0 Å². The van der Waals surface area contributed by atoms with Gasteiger partial charge in [-0.1, -0.05) is 30.3 Å². The molecule has 1 N–H and O–H groups in total. The lowest BCUT2D eigenvalue weighted by atomic mass is 10.1. The number of urea groups is 1. The molecule has 0 unspecified atom stereocenters. The molecule has 3 rings (SSSR count). The number of benzene rings is 2. The number of rotatable bonds is 4. The molecule has 0 aromatic heterocycles. The molecule has 1 heterocycles. The van der Waals surface area contributed by atoms with Crippen molar-refractivity contribution in [3.63, 3.8) is 0 Å². The number of piperazine rings is 1. The summed E-state index contributed by atoms with van der Waals surface area (Å²) in [5.41, 5.74) is 2.06. The Bertz CT molecular complexity index is 836. The van der Waals surface area contributed by atoms with E-state index in [0.717, 1.165) is 24.3 Å². The summed E-state index contributed by atoms with van der Waals surface area (Å²) in [7, 11) is 0. The number of aromatic carboxylic acids is 1. The van der Waals surface area contributed by atoms with Gasteiger partial charge in [-0.15, -0.1) is 0 Å². The molecule has 2 amide bonds. The summed E-state index contributed by atoms with van der Waals surface area (Å²) < 4.78 is 0. The molecule has 0 bridgehead atoms. The van der Waals surface area contributed by atoms with Gasteiger partial charge in [-0.25, -0.2) is 9.59 Å². The Labute approximate surface area is 172 Å². The minimum absolute atomic E-state index is 0.0212. The fraction of sp³-hybridized carbons (Fsp3) is 0.391. The largest absolute Gasteiger partial charge is 0.478 e. The van der Waals surface area contributed by atoms with Gasteiger partial charge in [-0.3, -0.25) is 9.80 Å². The van der Waals surface area contributed by atoms with Gasteiger partial charge >= 0.3 is 12.0 Å². The van der Waals surface area contributed by atoms with Gasteiger partial charge < -0.3 is 10.0 Å². The number of hydrogen-bond donors (Lipinski definition) is 1. The monoisotopic (exact) mass is 395 g/mol. The molecule has 2 aromatic carbocycles. The molecule has 1 aliphatic heterocycles. The van der Waals surface area contributed by atoms with Crippen LogP contribution in [-0.2, 0) is 6.54 Å². The van der Waals surface area contributed by atoms with E-state index in [9.17, 15) is 9.59 Å². The first-order valence-electron chi connectivity index (χ1n) is 9.94. The first kappa shape index (κ1) is 20.9. The van der Waals surface area contributed by atoms with Crippen LogP contribution in [0, 0.1) is 0 Å². The van der Waals surface area contributed by atoms with Crippen molar-refractivity contribution >= 4 is 17.7 Å². The average Bonchev–Trinajstić information content (AvgIpc) is 2.72. The summed E-state index contributed by atoms with van der Waals surface area (Å²) in [5.74, 6) is -0.954. The van der Waals surface area contributed by atoms with Crippen LogP contribution in [0.3, 0.4) is 0 Å². The predicted octanol–water partition coefficient (Wildman–Crippen LogP) is 3.93. The Morgan fingerprint density at radius 3 is 2.03 bits per heavy atom. The zero-order chi connectivity index (χ0) is 21.0. The lowest BCUT2D eigenvalue weighted by Gasteiger charge is -2.43. The van der Waals surface area contributed by atoms with Crippen LogP contribution in [0.5, 0.6) is 0 Å². The van der Waals surface area contributed by atoms with Crippen LogP contribution < -0.4 is 4.90 Å². The Morgan fingerprint density at radius 2 is 1.52 bits per heavy atom. The van der Waals surface area contributed by atoms with Gasteiger partial charge in [-0.05, 0) is 50.6 Å². The van der Waals surface area contributed by atoms with Crippen molar-refractivity contribution in [2.45, 2.75) is 32.9 Å². The molecule has 0 atom stereocenters. The standard InChI is InChI=1S/C23H29N3O3/c1-23(2,3)25-15-13-24(14-16-25)22(29)26(20-7-5-4-6-8-20)17-18-9-11-19(12-10-18)21(27)28/h4-12H,13-17H2,1-3H3,(H,27,28). The maximum Gasteiger partial charge on any atom is 0.335 e. The number of nitrogens with zero attached hydrogens (tertiary/aromatic N) is 3. The number of carboxylic acid groups (broad SMARTS) is 1. The highest BCUT2D eigenvalue weighted by Crippen LogP contribution is 2.22. The molecular formula is C23H29N3O3. The topological polar surface area (TPSA) is 64.1 Å². The number of hydrogen-bond acceptors (Lipinski definition) is 3. The molecule has 29 heavy (non-hydrogen) atoms. The maximum atomic E-state index is 13.4. The van der Waals surface area contributed by atoms with Crippen molar-refractivity contribution in [3.8, 4) is 0 Å². The fourth-order valence-corrected chi connectivity index (χ4v) is 3.55. The molecule has 154 valence electrons. The van der Waals surface area contributed by atoms with Gasteiger partial charge in [0.15, 0.2) is 0 Å². The first-order chi connectivity index (χ1) is 13.8. The highest BCUT2D eigenvalue weighted by atomic mass is 16.4. The smallest absolute Gasteiger partial charge is 0.335 e. The van der Waals surface area contributed by atoms with E-state index in [1.54, 1.807) is 29.2 Å². The van der Waals surface area contributed by atoms with Crippen molar-refractivity contribution < 1.29 is 14.7 Å². The van der Waals surface area contributed by atoms with Crippen molar-refractivity contribution in [2.24, 2.45) is 0 Å². The van der Waals surface area contributed by atoms with E-state index in [-0.39, 0.29) is 17.1 Å². The van der Waals surface area contributed by atoms with E-state index in [4.69, 9.17) is 5.11 Å². The molecular weight excluding hydrogens is 366 g/mol. The summed E-state index contributed by atoms with van der Waals surface area (Å²) in [4.78, 5) is 30.5. The Balaban J connectivity index is 1.77. The fourth-order valence-electron chi connectivity index (χ4n) is 3.55. The van der Waals surface area contributed by atoms with Crippen LogP contribution in [0.2, 0.25) is 0 Å². The summed E-state index contributed by atoms with van der Waals surface area (Å²) >= 11 is 0. The summed E-state index contributed by atoms with van der Waals surface area (Å²) in [6.07, 6.45) is 0. The van der Waals surface area contributed by atoms with Crippen molar-refractivity contribution in [2.75, 3.05) is 31.1 Å². The van der Waals surface area contributed by atoms with E-state index >= 15 is 0 Å². The number of amides is 2. The number of carbonyl (C=O) groups is 2. The van der Waals surface area contributed by atoms with Crippen LogP contribution in [0.4, 0.5) is 10.5 Å². The van der Waals surface area contributed by atoms with Crippen LogP contribution in [-0.4, -0.2) is 58.6 Å². The van der Waals surface area contributed by atoms with Crippen molar-refractivity contribution in [3.05, 3.63) is 65.7 Å². The van der Waals surface area contributed by atoms with Crippen molar-refractivity contribution in [1.82, 2.24) is 9.80 Å². The van der Waals surface area contributed by atoms with E-state index in [2.05, 4.69) is 25.7 Å². The van der Waals surface area contributed by atoms with Crippen molar-refractivity contribution in [1.29, 1.82) is 0 Å². The lowest BCUT2D eigenvalue weighted by Crippen LogP contribution is -2.57. The molecule has 1 aliphatic rings. The number of carboxylic acids is 1. The Morgan fingerprint density at radius 1 is 0.931 bits per heavy atom. The second kappa shape index (κ2) is 8.66. The second-order valence-electron chi connectivity index (χ2n) is 8.35. The van der Waals surface area contributed by atoms with Crippen LogP contribution in [0.15, 0.2) is 54.6 Å². The maximum absolute atomic E-state index is 13.4. The molecule has 0 spiro atoms. The lowest BCUT2D eigenvalue weighted by molar-refractivity contribution is 0.0697. The average molecular weight is 396 g/mol. The molecule has 6 nitrogen and oxygen atoms in total. The normalized spacial score (nSPS) is 15.2. The van der Waals surface area contributed by atoms with Gasteiger partial charge in [0.05, 0.1) is 12.1 Å². The van der Waals surface area contributed by atoms with Gasteiger partial charge in [-0.2, -0.15) is 0 Å². The van der Waals surface area contributed by atoms with Crippen LogP contribution in [0.1, 0.15) is 36.7 Å². The van der Waals surface area contributed by atoms with E-state index in [1.807, 2.05) is 35.2 Å². The third kappa shape index (κ3) is 5.15. The number of anilines is 1. The second-order valence-corrected chi connectivity index (χ2v) is 8.35. The molecule has 6 heteroatoms. The predicted molar refractivity (Wildman–Crippen MR) is 114 cm³/mol. The SMILES string of the molecule is CC(C)(C)N1CCN(C(=O)N(Cc2ccc(C(=O)O)cc2)c2ccccc2)CC1. The zero-order valence-corrected chi connectivity index (χ0v) is 17.3. The van der Waals surface area contributed by atoms with Gasteiger partial charge in [0, 0.05) is 37.4 Å². The van der Waals surface area contributed by atoms with Crippen LogP contribution in [0.25, 0.3) is 0 Å². The first-order valence-corrected chi connectivity index (χ1v) is 9.94. The number of carbonyl (C=O) groups excluding carboxylic acids is 1. The van der Waals surface area contributed by atoms with Gasteiger partial charge in [0.25, 0.3) is 0 Å². The van der Waals surface area contributed by atoms with Gasteiger partial charge in [0.1, 0.15) is 0 Å². The Hall–Kier alpha value is -2.86. The van der Waals surface area contributed by atoms with E-state index in [1.165, 1.54) is 0 Å². The Kier molecular flexibility index (Phi) is 6.23. The highest BCUT2D eigenvalue weighted by molar-refractivity contribution is 5.92. The van der Waals surface area contributed by atoms with Gasteiger partial charge in [0.2, 0.25) is 0 Å². The minimum Gasteiger partial charge on any atom is -0.478 e. The molecule has 1 fully saturated rings. The molecule has 0 aliphatic carbocycles. The molecule has 0 saturated carbocycles.